The van der Waals surface area contributed by atoms with Crippen molar-refractivity contribution in [3.8, 4) is 0 Å². The van der Waals surface area contributed by atoms with Gasteiger partial charge in [-0.15, -0.1) is 24.0 Å². The minimum atomic E-state index is -0.174. The maximum absolute atomic E-state index is 14.1. The van der Waals surface area contributed by atoms with Crippen LogP contribution in [0, 0.1) is 5.82 Å². The van der Waals surface area contributed by atoms with Crippen molar-refractivity contribution in [3.63, 3.8) is 0 Å². The lowest BCUT2D eigenvalue weighted by molar-refractivity contribution is -0.135. The number of likely N-dealkylation sites (tertiary alicyclic amines) is 1. The molecule has 0 aromatic heterocycles. The van der Waals surface area contributed by atoms with Crippen LogP contribution in [0.2, 0.25) is 0 Å². The maximum Gasteiger partial charge on any atom is 0.239 e. The van der Waals surface area contributed by atoms with E-state index in [-0.39, 0.29) is 41.7 Å². The van der Waals surface area contributed by atoms with Gasteiger partial charge < -0.3 is 20.0 Å². The van der Waals surface area contributed by atoms with Gasteiger partial charge in [0.25, 0.3) is 0 Å². The first-order chi connectivity index (χ1) is 15.4. The fourth-order valence-corrected chi connectivity index (χ4v) is 4.46. The van der Waals surface area contributed by atoms with Crippen LogP contribution in [0.1, 0.15) is 37.8 Å². The van der Waals surface area contributed by atoms with Gasteiger partial charge in [0.05, 0.1) is 12.6 Å². The Hall–Kier alpha value is -1.46. The molecule has 3 rings (SSSR count). The molecular weight excluding hydrogens is 534 g/mol. The van der Waals surface area contributed by atoms with Crippen LogP contribution < -0.4 is 5.32 Å². The van der Waals surface area contributed by atoms with Crippen LogP contribution in [0.5, 0.6) is 0 Å². The number of benzene rings is 1. The van der Waals surface area contributed by atoms with E-state index in [1.807, 2.05) is 43.0 Å². The molecular formula is C24H40FIN6O. The zero-order chi connectivity index (χ0) is 23.1. The van der Waals surface area contributed by atoms with E-state index in [4.69, 9.17) is 4.99 Å². The normalized spacial score (nSPS) is 18.4. The van der Waals surface area contributed by atoms with Gasteiger partial charge in [0.1, 0.15) is 5.82 Å². The largest absolute Gasteiger partial charge is 0.357 e. The number of guanidine groups is 1. The fourth-order valence-electron chi connectivity index (χ4n) is 4.46. The Morgan fingerprint density at radius 1 is 1.12 bits per heavy atom. The number of amides is 1. The Kier molecular flexibility index (Phi) is 11.3. The number of halogens is 2. The number of carbonyl (C=O) groups is 1. The number of hydrogen-bond acceptors (Lipinski definition) is 4. The molecule has 7 nitrogen and oxygen atoms in total. The van der Waals surface area contributed by atoms with Gasteiger partial charge in [-0.05, 0) is 58.5 Å². The number of nitrogens with zero attached hydrogens (tertiary/aromatic N) is 5. The van der Waals surface area contributed by atoms with E-state index in [2.05, 4.69) is 22.0 Å². The van der Waals surface area contributed by atoms with Crippen molar-refractivity contribution in [2.75, 3.05) is 59.9 Å². The number of piperazine rings is 1. The summed E-state index contributed by atoms with van der Waals surface area (Å²) in [6, 6.07) is 5.19. The molecule has 1 amide bonds. The second-order valence-corrected chi connectivity index (χ2v) is 9.07. The molecule has 0 aliphatic carbocycles. The summed E-state index contributed by atoms with van der Waals surface area (Å²) in [5.41, 5.74) is 1.69. The van der Waals surface area contributed by atoms with Crippen molar-refractivity contribution in [3.05, 3.63) is 35.1 Å². The van der Waals surface area contributed by atoms with Crippen molar-refractivity contribution >= 4 is 35.8 Å². The molecule has 0 saturated carbocycles. The van der Waals surface area contributed by atoms with Crippen LogP contribution in [0.25, 0.3) is 0 Å². The summed E-state index contributed by atoms with van der Waals surface area (Å²) >= 11 is 0. The van der Waals surface area contributed by atoms with Gasteiger partial charge >= 0.3 is 0 Å². The molecule has 1 atom stereocenters. The Bertz CT molecular complexity index is 791. The summed E-state index contributed by atoms with van der Waals surface area (Å²) in [5.74, 6) is 0.970. The summed E-state index contributed by atoms with van der Waals surface area (Å²) in [5, 5.41) is 3.39. The van der Waals surface area contributed by atoms with Crippen molar-refractivity contribution in [2.24, 2.45) is 4.99 Å². The standard InChI is InChI=1S/C24H39FN6O.HI/c1-5-26-24(27-17-20-8-9-22(25)21(16-20)18-28(3)4)31-14-12-29(13-15-31)19(2)23(32)30-10-6-7-11-30;/h8-9,16,19H,5-7,10-15,17-18H2,1-4H3,(H,26,27);1H. The number of carbonyl (C=O) groups excluding carboxylic acids is 1. The molecule has 1 N–H and O–H groups in total. The summed E-state index contributed by atoms with van der Waals surface area (Å²) in [4.78, 5) is 26.1. The Morgan fingerprint density at radius 3 is 2.39 bits per heavy atom. The SMILES string of the molecule is CCNC(=NCc1ccc(F)c(CN(C)C)c1)N1CCN(C(C)C(=O)N2CCCC2)CC1.I. The Balaban J connectivity index is 0.00000385. The molecule has 2 aliphatic heterocycles. The van der Waals surface area contributed by atoms with Crippen molar-refractivity contribution in [1.29, 1.82) is 0 Å². The first-order valence-electron chi connectivity index (χ1n) is 11.9. The molecule has 1 unspecified atom stereocenters. The zero-order valence-corrected chi connectivity index (χ0v) is 22.8. The van der Waals surface area contributed by atoms with Crippen LogP contribution >= 0.6 is 24.0 Å². The van der Waals surface area contributed by atoms with Crippen molar-refractivity contribution < 1.29 is 9.18 Å². The van der Waals surface area contributed by atoms with E-state index in [1.54, 1.807) is 0 Å². The predicted molar refractivity (Wildman–Crippen MR) is 142 cm³/mol. The second-order valence-electron chi connectivity index (χ2n) is 9.07. The first-order valence-corrected chi connectivity index (χ1v) is 11.9. The molecule has 0 radical (unpaired) electrons. The van der Waals surface area contributed by atoms with E-state index in [9.17, 15) is 9.18 Å². The van der Waals surface area contributed by atoms with Crippen LogP contribution in [0.4, 0.5) is 4.39 Å². The smallest absolute Gasteiger partial charge is 0.239 e. The van der Waals surface area contributed by atoms with Crippen molar-refractivity contribution in [2.45, 2.75) is 45.8 Å². The lowest BCUT2D eigenvalue weighted by atomic mass is 10.1. The minimum Gasteiger partial charge on any atom is -0.357 e. The van der Waals surface area contributed by atoms with E-state index in [1.165, 1.54) is 6.07 Å². The average Bonchev–Trinajstić information content (AvgIpc) is 3.32. The third-order valence-corrected chi connectivity index (χ3v) is 6.28. The predicted octanol–water partition coefficient (Wildman–Crippen LogP) is 2.60. The second kappa shape index (κ2) is 13.4. The summed E-state index contributed by atoms with van der Waals surface area (Å²) in [6.07, 6.45) is 2.25. The molecule has 9 heteroatoms. The molecule has 2 aliphatic rings. The van der Waals surface area contributed by atoms with E-state index in [0.717, 1.165) is 70.2 Å². The molecule has 1 aromatic rings. The number of rotatable bonds is 7. The van der Waals surface area contributed by atoms with Gasteiger partial charge in [-0.25, -0.2) is 9.38 Å². The molecule has 33 heavy (non-hydrogen) atoms. The van der Waals surface area contributed by atoms with Gasteiger partial charge in [-0.3, -0.25) is 9.69 Å². The number of nitrogens with one attached hydrogen (secondary N) is 1. The van der Waals surface area contributed by atoms with E-state index >= 15 is 0 Å². The molecule has 186 valence electrons. The van der Waals surface area contributed by atoms with Crippen LogP contribution in [0.15, 0.2) is 23.2 Å². The van der Waals surface area contributed by atoms with Gasteiger partial charge in [0, 0.05) is 57.9 Å². The van der Waals surface area contributed by atoms with Gasteiger partial charge in [-0.1, -0.05) is 6.07 Å². The monoisotopic (exact) mass is 574 g/mol. The third kappa shape index (κ3) is 7.78. The highest BCUT2D eigenvalue weighted by Crippen LogP contribution is 2.15. The maximum atomic E-state index is 14.1. The average molecular weight is 575 g/mol. The lowest BCUT2D eigenvalue weighted by Gasteiger charge is -2.39. The molecule has 2 saturated heterocycles. The Morgan fingerprint density at radius 2 is 1.79 bits per heavy atom. The van der Waals surface area contributed by atoms with Crippen LogP contribution in [-0.2, 0) is 17.9 Å². The van der Waals surface area contributed by atoms with E-state index in [0.29, 0.717) is 18.7 Å². The minimum absolute atomic E-state index is 0. The third-order valence-electron chi connectivity index (χ3n) is 6.28. The molecule has 2 fully saturated rings. The van der Waals surface area contributed by atoms with Gasteiger partial charge in [-0.2, -0.15) is 0 Å². The van der Waals surface area contributed by atoms with Gasteiger partial charge in [0.2, 0.25) is 5.91 Å². The fraction of sp³-hybridized carbons (Fsp3) is 0.667. The highest BCUT2D eigenvalue weighted by atomic mass is 127. The molecule has 2 heterocycles. The zero-order valence-electron chi connectivity index (χ0n) is 20.5. The van der Waals surface area contributed by atoms with Crippen molar-refractivity contribution in [1.82, 2.24) is 24.9 Å². The highest BCUT2D eigenvalue weighted by Gasteiger charge is 2.30. The van der Waals surface area contributed by atoms with Crippen LogP contribution in [-0.4, -0.2) is 97.4 Å². The molecule has 0 spiro atoms. The number of aliphatic imine (C=N–C) groups is 1. The Labute approximate surface area is 215 Å². The quantitative estimate of drug-likeness (QED) is 0.309. The molecule has 0 bridgehead atoms. The summed E-state index contributed by atoms with van der Waals surface area (Å²) in [7, 11) is 3.87. The number of hydrogen-bond donors (Lipinski definition) is 1. The molecule has 1 aromatic carbocycles. The van der Waals surface area contributed by atoms with E-state index < -0.39 is 0 Å². The first kappa shape index (κ1) is 27.8. The summed E-state index contributed by atoms with van der Waals surface area (Å²) < 4.78 is 14.1. The van der Waals surface area contributed by atoms with Crippen LogP contribution in [0.3, 0.4) is 0 Å². The topological polar surface area (TPSA) is 54.4 Å². The van der Waals surface area contributed by atoms with Gasteiger partial charge in [0.15, 0.2) is 5.96 Å². The highest BCUT2D eigenvalue weighted by molar-refractivity contribution is 14.0. The lowest BCUT2D eigenvalue weighted by Crippen LogP contribution is -2.57. The summed E-state index contributed by atoms with van der Waals surface area (Å²) in [6.45, 7) is 11.1.